The van der Waals surface area contributed by atoms with Gasteiger partial charge in [-0.15, -0.1) is 0 Å². The van der Waals surface area contributed by atoms with E-state index >= 15 is 0 Å². The zero-order valence-electron chi connectivity index (χ0n) is 9.90. The molecule has 1 atom stereocenters. The standard InChI is InChI=1S/C14H15F2O2/c15-11-5-9(6-12(16)7-11)1-4-14(18)13(8-17)10-2-3-10/h5-8,10,13,18H,1-4H2/t13-/m1/s1. The molecule has 1 aliphatic carbocycles. The van der Waals surface area contributed by atoms with Crippen molar-refractivity contribution in [3.63, 3.8) is 0 Å². The summed E-state index contributed by atoms with van der Waals surface area (Å²) in [4.78, 5) is 10.8. The van der Waals surface area contributed by atoms with Crippen LogP contribution in [0.5, 0.6) is 0 Å². The maximum absolute atomic E-state index is 12.9. The Kier molecular flexibility index (Phi) is 4.07. The fourth-order valence-electron chi connectivity index (χ4n) is 2.11. The molecule has 1 aliphatic rings. The number of carbonyl (C=O) groups is 1. The Balaban J connectivity index is 1.91. The van der Waals surface area contributed by atoms with E-state index in [4.69, 9.17) is 0 Å². The van der Waals surface area contributed by atoms with Crippen molar-refractivity contribution < 1.29 is 18.7 Å². The molecular weight excluding hydrogens is 238 g/mol. The number of aliphatic hydroxyl groups is 1. The lowest BCUT2D eigenvalue weighted by Crippen LogP contribution is -2.16. The summed E-state index contributed by atoms with van der Waals surface area (Å²) in [6, 6.07) is 3.29. The lowest BCUT2D eigenvalue weighted by molar-refractivity contribution is -0.112. The molecule has 97 valence electrons. The number of halogens is 2. The number of aldehydes is 1. The molecule has 1 aromatic rings. The van der Waals surface area contributed by atoms with E-state index in [1.807, 2.05) is 0 Å². The number of aryl methyl sites for hydroxylation is 1. The van der Waals surface area contributed by atoms with Crippen LogP contribution in [-0.4, -0.2) is 11.4 Å². The number of hydrogen-bond acceptors (Lipinski definition) is 2. The van der Waals surface area contributed by atoms with Crippen molar-refractivity contribution in [2.75, 3.05) is 0 Å². The summed E-state index contributed by atoms with van der Waals surface area (Å²) in [5.41, 5.74) is 0.486. The van der Waals surface area contributed by atoms with Gasteiger partial charge in [0.1, 0.15) is 24.0 Å². The third-order valence-corrected chi connectivity index (χ3v) is 3.25. The number of rotatable bonds is 6. The largest absolute Gasteiger partial charge is 0.386 e. The normalized spacial score (nSPS) is 16.9. The van der Waals surface area contributed by atoms with E-state index in [9.17, 15) is 18.7 Å². The lowest BCUT2D eigenvalue weighted by Gasteiger charge is -2.15. The van der Waals surface area contributed by atoms with Crippen LogP contribution in [0.4, 0.5) is 8.78 Å². The predicted octanol–water partition coefficient (Wildman–Crippen LogP) is 3.03. The van der Waals surface area contributed by atoms with E-state index < -0.39 is 17.6 Å². The van der Waals surface area contributed by atoms with Gasteiger partial charge >= 0.3 is 0 Å². The highest BCUT2D eigenvalue weighted by molar-refractivity contribution is 5.57. The van der Waals surface area contributed by atoms with Gasteiger partial charge in [0.15, 0.2) is 0 Å². The first-order valence-corrected chi connectivity index (χ1v) is 6.05. The minimum absolute atomic E-state index is 0.122. The average molecular weight is 253 g/mol. The highest BCUT2D eigenvalue weighted by Crippen LogP contribution is 2.40. The number of carbonyl (C=O) groups excluding carboxylic acids is 1. The Morgan fingerprint density at radius 3 is 2.44 bits per heavy atom. The Bertz CT molecular complexity index is 410. The molecule has 0 spiro atoms. The van der Waals surface area contributed by atoms with Crippen molar-refractivity contribution in [1.82, 2.24) is 0 Å². The highest BCUT2D eigenvalue weighted by Gasteiger charge is 2.36. The second-order valence-corrected chi connectivity index (χ2v) is 4.77. The molecule has 2 rings (SSSR count). The fourth-order valence-corrected chi connectivity index (χ4v) is 2.11. The fraction of sp³-hybridized carbons (Fsp3) is 0.429. The van der Waals surface area contributed by atoms with Crippen molar-refractivity contribution in [2.24, 2.45) is 11.8 Å². The van der Waals surface area contributed by atoms with Crippen LogP contribution in [0, 0.1) is 29.6 Å². The van der Waals surface area contributed by atoms with E-state index in [-0.39, 0.29) is 18.4 Å². The minimum atomic E-state index is -0.626. The van der Waals surface area contributed by atoms with Crippen LogP contribution in [0.1, 0.15) is 24.8 Å². The van der Waals surface area contributed by atoms with Crippen LogP contribution >= 0.6 is 0 Å². The molecule has 1 N–H and O–H groups in total. The summed E-state index contributed by atoms with van der Waals surface area (Å²) in [7, 11) is 0. The van der Waals surface area contributed by atoms with Gasteiger partial charge < -0.3 is 9.90 Å². The molecule has 0 aromatic heterocycles. The van der Waals surface area contributed by atoms with E-state index in [2.05, 4.69) is 0 Å². The summed E-state index contributed by atoms with van der Waals surface area (Å²) >= 11 is 0. The first-order valence-electron chi connectivity index (χ1n) is 6.05. The third-order valence-electron chi connectivity index (χ3n) is 3.25. The van der Waals surface area contributed by atoms with Gasteiger partial charge in [-0.1, -0.05) is 0 Å². The number of hydrogen-bond donors (Lipinski definition) is 1. The van der Waals surface area contributed by atoms with Gasteiger partial charge in [-0.05, 0) is 49.3 Å². The molecule has 1 fully saturated rings. The molecule has 18 heavy (non-hydrogen) atoms. The van der Waals surface area contributed by atoms with Crippen LogP contribution in [0.25, 0.3) is 0 Å². The quantitative estimate of drug-likeness (QED) is 0.791. The third kappa shape index (κ3) is 3.35. The molecule has 0 heterocycles. The van der Waals surface area contributed by atoms with Crippen LogP contribution in [0.3, 0.4) is 0 Å². The van der Waals surface area contributed by atoms with Gasteiger partial charge in [-0.3, -0.25) is 0 Å². The Hall–Kier alpha value is -1.29. The van der Waals surface area contributed by atoms with Gasteiger partial charge in [0.05, 0.1) is 0 Å². The van der Waals surface area contributed by atoms with Crippen molar-refractivity contribution in [2.45, 2.75) is 25.7 Å². The number of aliphatic hydroxyl groups excluding tert-OH is 1. The first-order chi connectivity index (χ1) is 8.60. The van der Waals surface area contributed by atoms with Gasteiger partial charge in [0.25, 0.3) is 0 Å². The summed E-state index contributed by atoms with van der Waals surface area (Å²) in [5, 5.41) is 9.82. The summed E-state index contributed by atoms with van der Waals surface area (Å²) in [5.74, 6) is -1.41. The topological polar surface area (TPSA) is 37.3 Å². The average Bonchev–Trinajstić information content (AvgIpc) is 3.10. The molecule has 1 radical (unpaired) electrons. The summed E-state index contributed by atoms with van der Waals surface area (Å²) in [6.07, 6.45) is 3.40. The van der Waals surface area contributed by atoms with E-state index in [0.29, 0.717) is 12.0 Å². The van der Waals surface area contributed by atoms with Crippen molar-refractivity contribution >= 4 is 6.29 Å². The van der Waals surface area contributed by atoms with Crippen LogP contribution in [-0.2, 0) is 11.2 Å². The SMILES string of the molecule is O=C[C@@H]([C](O)CCc1cc(F)cc(F)c1)C1CC1. The Morgan fingerprint density at radius 1 is 1.33 bits per heavy atom. The summed E-state index contributed by atoms with van der Waals surface area (Å²) < 4.78 is 25.9. The Labute approximate surface area is 105 Å². The maximum Gasteiger partial charge on any atom is 0.126 e. The molecule has 0 unspecified atom stereocenters. The monoisotopic (exact) mass is 253 g/mol. The van der Waals surface area contributed by atoms with Gasteiger partial charge in [0.2, 0.25) is 0 Å². The first kappa shape index (κ1) is 13.1. The second kappa shape index (κ2) is 5.57. The predicted molar refractivity (Wildman–Crippen MR) is 62.1 cm³/mol. The lowest BCUT2D eigenvalue weighted by atomic mass is 9.93. The molecule has 2 nitrogen and oxygen atoms in total. The zero-order valence-corrected chi connectivity index (χ0v) is 9.90. The minimum Gasteiger partial charge on any atom is -0.386 e. The van der Waals surface area contributed by atoms with Crippen LogP contribution in [0.15, 0.2) is 18.2 Å². The molecular formula is C14H15F2O2. The van der Waals surface area contributed by atoms with E-state index in [1.54, 1.807) is 0 Å². The smallest absolute Gasteiger partial charge is 0.126 e. The van der Waals surface area contributed by atoms with Crippen molar-refractivity contribution in [3.8, 4) is 0 Å². The molecule has 4 heteroatoms. The molecule has 0 amide bonds. The van der Waals surface area contributed by atoms with E-state index in [1.165, 1.54) is 12.1 Å². The number of benzene rings is 1. The zero-order chi connectivity index (χ0) is 13.1. The molecule has 1 aromatic carbocycles. The highest BCUT2D eigenvalue weighted by atomic mass is 19.1. The van der Waals surface area contributed by atoms with Gasteiger partial charge in [-0.25, -0.2) is 8.78 Å². The van der Waals surface area contributed by atoms with Crippen molar-refractivity contribution in [1.29, 1.82) is 0 Å². The molecule has 1 saturated carbocycles. The molecule has 0 bridgehead atoms. The van der Waals surface area contributed by atoms with Crippen molar-refractivity contribution in [3.05, 3.63) is 41.5 Å². The van der Waals surface area contributed by atoms with Crippen LogP contribution in [0.2, 0.25) is 0 Å². The second-order valence-electron chi connectivity index (χ2n) is 4.77. The summed E-state index contributed by atoms with van der Waals surface area (Å²) in [6.45, 7) is 0. The van der Waals surface area contributed by atoms with Gasteiger partial charge in [-0.2, -0.15) is 0 Å². The molecule has 0 saturated heterocycles. The van der Waals surface area contributed by atoms with Crippen LogP contribution < -0.4 is 0 Å². The molecule has 0 aliphatic heterocycles. The van der Waals surface area contributed by atoms with Gasteiger partial charge in [0, 0.05) is 12.0 Å². The maximum atomic E-state index is 12.9. The van der Waals surface area contributed by atoms with E-state index in [0.717, 1.165) is 25.2 Å². The Morgan fingerprint density at radius 2 is 1.94 bits per heavy atom.